The molecule has 2 rings (SSSR count). The molecule has 1 saturated heterocycles. The van der Waals surface area contributed by atoms with Gasteiger partial charge in [0.25, 0.3) is 0 Å². The van der Waals surface area contributed by atoms with E-state index in [2.05, 4.69) is 17.1 Å². The van der Waals surface area contributed by atoms with Crippen molar-refractivity contribution < 1.29 is 4.39 Å². The van der Waals surface area contributed by atoms with E-state index >= 15 is 0 Å². The van der Waals surface area contributed by atoms with Gasteiger partial charge in [0.05, 0.1) is 0 Å². The first kappa shape index (κ1) is 17.4. The SMILES string of the molecule is CCCCC[C@H](c1ccc(F)cc1)N1CCNCC1.Cl. The van der Waals surface area contributed by atoms with E-state index < -0.39 is 0 Å². The molecule has 1 aromatic rings. The van der Waals surface area contributed by atoms with E-state index in [1.807, 2.05) is 12.1 Å². The van der Waals surface area contributed by atoms with Crippen LogP contribution in [0.2, 0.25) is 0 Å². The number of nitrogens with zero attached hydrogens (tertiary/aromatic N) is 1. The lowest BCUT2D eigenvalue weighted by Crippen LogP contribution is -2.45. The van der Waals surface area contributed by atoms with Crippen LogP contribution in [0.25, 0.3) is 0 Å². The van der Waals surface area contributed by atoms with Gasteiger partial charge in [-0.2, -0.15) is 0 Å². The molecule has 1 aromatic carbocycles. The van der Waals surface area contributed by atoms with Crippen molar-refractivity contribution in [3.05, 3.63) is 35.6 Å². The highest BCUT2D eigenvalue weighted by Crippen LogP contribution is 2.27. The second kappa shape index (κ2) is 9.32. The molecule has 4 heteroatoms. The van der Waals surface area contributed by atoms with Crippen molar-refractivity contribution >= 4 is 12.4 Å². The average Bonchev–Trinajstić information content (AvgIpc) is 2.46. The van der Waals surface area contributed by atoms with E-state index in [1.54, 1.807) is 12.1 Å². The number of rotatable bonds is 6. The zero-order valence-electron chi connectivity index (χ0n) is 12.3. The van der Waals surface area contributed by atoms with Crippen molar-refractivity contribution in [3.63, 3.8) is 0 Å². The summed E-state index contributed by atoms with van der Waals surface area (Å²) >= 11 is 0. The molecule has 114 valence electrons. The minimum atomic E-state index is -0.142. The summed E-state index contributed by atoms with van der Waals surface area (Å²) in [5.41, 5.74) is 1.26. The maximum atomic E-state index is 13.1. The van der Waals surface area contributed by atoms with Gasteiger partial charge in [-0.15, -0.1) is 12.4 Å². The van der Waals surface area contributed by atoms with Gasteiger partial charge >= 0.3 is 0 Å². The normalized spacial score (nSPS) is 17.5. The van der Waals surface area contributed by atoms with Crippen LogP contribution >= 0.6 is 12.4 Å². The van der Waals surface area contributed by atoms with Crippen molar-refractivity contribution in [2.24, 2.45) is 0 Å². The zero-order chi connectivity index (χ0) is 13.5. The largest absolute Gasteiger partial charge is 0.314 e. The summed E-state index contributed by atoms with van der Waals surface area (Å²) in [6, 6.07) is 7.53. The minimum absolute atomic E-state index is 0. The smallest absolute Gasteiger partial charge is 0.123 e. The Bertz CT molecular complexity index is 363. The van der Waals surface area contributed by atoms with Crippen LogP contribution in [0.5, 0.6) is 0 Å². The number of piperazine rings is 1. The Morgan fingerprint density at radius 1 is 1.15 bits per heavy atom. The molecule has 0 saturated carbocycles. The maximum Gasteiger partial charge on any atom is 0.123 e. The first-order valence-electron chi connectivity index (χ1n) is 7.51. The molecule has 20 heavy (non-hydrogen) atoms. The number of hydrogen-bond acceptors (Lipinski definition) is 2. The van der Waals surface area contributed by atoms with E-state index in [9.17, 15) is 4.39 Å². The van der Waals surface area contributed by atoms with Crippen LogP contribution in [0, 0.1) is 5.82 Å². The van der Waals surface area contributed by atoms with Gasteiger partial charge in [0.2, 0.25) is 0 Å². The fourth-order valence-corrected chi connectivity index (χ4v) is 2.83. The molecule has 1 fully saturated rings. The number of nitrogens with one attached hydrogen (secondary N) is 1. The third-order valence-corrected chi connectivity index (χ3v) is 3.93. The lowest BCUT2D eigenvalue weighted by Gasteiger charge is -2.35. The number of halogens is 2. The van der Waals surface area contributed by atoms with E-state index in [4.69, 9.17) is 0 Å². The summed E-state index contributed by atoms with van der Waals surface area (Å²) in [5.74, 6) is -0.142. The van der Waals surface area contributed by atoms with Gasteiger partial charge in [-0.3, -0.25) is 4.90 Å². The van der Waals surface area contributed by atoms with E-state index in [0.717, 1.165) is 26.2 Å². The summed E-state index contributed by atoms with van der Waals surface area (Å²) in [4.78, 5) is 2.54. The quantitative estimate of drug-likeness (QED) is 0.805. The predicted octanol–water partition coefficient (Wildman–Crippen LogP) is 3.77. The second-order valence-corrected chi connectivity index (χ2v) is 5.35. The first-order valence-corrected chi connectivity index (χ1v) is 7.51. The zero-order valence-corrected chi connectivity index (χ0v) is 13.1. The van der Waals surface area contributed by atoms with Crippen LogP contribution in [-0.4, -0.2) is 31.1 Å². The molecule has 0 bridgehead atoms. The van der Waals surface area contributed by atoms with Crippen molar-refractivity contribution in [2.45, 2.75) is 38.6 Å². The molecule has 0 amide bonds. The Morgan fingerprint density at radius 2 is 1.80 bits per heavy atom. The fourth-order valence-electron chi connectivity index (χ4n) is 2.83. The van der Waals surface area contributed by atoms with Crippen molar-refractivity contribution in [1.82, 2.24) is 10.2 Å². The van der Waals surface area contributed by atoms with Gasteiger partial charge < -0.3 is 5.32 Å². The van der Waals surface area contributed by atoms with Crippen molar-refractivity contribution in [1.29, 1.82) is 0 Å². The number of hydrogen-bond donors (Lipinski definition) is 1. The second-order valence-electron chi connectivity index (χ2n) is 5.35. The number of unbranched alkanes of at least 4 members (excludes halogenated alkanes) is 2. The fraction of sp³-hybridized carbons (Fsp3) is 0.625. The Kier molecular flexibility index (Phi) is 8.12. The highest BCUT2D eigenvalue weighted by molar-refractivity contribution is 5.85. The molecule has 1 aliphatic heterocycles. The summed E-state index contributed by atoms with van der Waals surface area (Å²) in [6.45, 7) is 6.54. The van der Waals surface area contributed by atoms with Crippen LogP contribution < -0.4 is 5.32 Å². The van der Waals surface area contributed by atoms with Crippen LogP contribution in [0.4, 0.5) is 4.39 Å². The Hall–Kier alpha value is -0.640. The van der Waals surface area contributed by atoms with Crippen LogP contribution in [0.3, 0.4) is 0 Å². The monoisotopic (exact) mass is 300 g/mol. The molecular weight excluding hydrogens is 275 g/mol. The molecule has 1 N–H and O–H groups in total. The molecule has 0 unspecified atom stereocenters. The third-order valence-electron chi connectivity index (χ3n) is 3.93. The highest BCUT2D eigenvalue weighted by Gasteiger charge is 2.21. The lowest BCUT2D eigenvalue weighted by molar-refractivity contribution is 0.162. The van der Waals surface area contributed by atoms with Gasteiger partial charge in [0.1, 0.15) is 5.82 Å². The summed E-state index contributed by atoms with van der Waals surface area (Å²) in [7, 11) is 0. The van der Waals surface area contributed by atoms with E-state index in [0.29, 0.717) is 6.04 Å². The van der Waals surface area contributed by atoms with Gasteiger partial charge in [-0.05, 0) is 24.1 Å². The Morgan fingerprint density at radius 3 is 2.40 bits per heavy atom. The standard InChI is InChI=1S/C16H25FN2.ClH/c1-2-3-4-5-16(19-12-10-18-11-13-19)14-6-8-15(17)9-7-14;/h6-9,16,18H,2-5,10-13H2,1H3;1H/t16-;/m1./s1. The van der Waals surface area contributed by atoms with Crippen LogP contribution in [-0.2, 0) is 0 Å². The maximum absolute atomic E-state index is 13.1. The molecule has 0 radical (unpaired) electrons. The topological polar surface area (TPSA) is 15.3 Å². The Balaban J connectivity index is 0.00000200. The molecular formula is C16H26ClFN2. The molecule has 1 aliphatic rings. The van der Waals surface area contributed by atoms with Crippen LogP contribution in [0.1, 0.15) is 44.2 Å². The van der Waals surface area contributed by atoms with Gasteiger partial charge in [0.15, 0.2) is 0 Å². The van der Waals surface area contributed by atoms with E-state index in [1.165, 1.54) is 31.2 Å². The highest BCUT2D eigenvalue weighted by atomic mass is 35.5. The summed E-state index contributed by atoms with van der Waals surface area (Å²) in [5, 5.41) is 3.40. The molecule has 0 aliphatic carbocycles. The summed E-state index contributed by atoms with van der Waals surface area (Å²) in [6.07, 6.45) is 4.96. The van der Waals surface area contributed by atoms with Gasteiger partial charge in [0, 0.05) is 32.2 Å². The summed E-state index contributed by atoms with van der Waals surface area (Å²) < 4.78 is 13.1. The number of benzene rings is 1. The van der Waals surface area contributed by atoms with Crippen molar-refractivity contribution in [3.8, 4) is 0 Å². The van der Waals surface area contributed by atoms with E-state index in [-0.39, 0.29) is 18.2 Å². The molecule has 0 aromatic heterocycles. The van der Waals surface area contributed by atoms with Crippen LogP contribution in [0.15, 0.2) is 24.3 Å². The Labute approximate surface area is 128 Å². The molecule has 2 nitrogen and oxygen atoms in total. The van der Waals surface area contributed by atoms with Gasteiger partial charge in [-0.25, -0.2) is 4.39 Å². The van der Waals surface area contributed by atoms with Gasteiger partial charge in [-0.1, -0.05) is 38.3 Å². The van der Waals surface area contributed by atoms with Crippen molar-refractivity contribution in [2.75, 3.05) is 26.2 Å². The first-order chi connectivity index (χ1) is 9.31. The molecule has 1 heterocycles. The molecule has 1 atom stereocenters. The average molecular weight is 301 g/mol. The third kappa shape index (κ3) is 5.04. The predicted molar refractivity (Wildman–Crippen MR) is 85.0 cm³/mol. The molecule has 0 spiro atoms. The lowest BCUT2D eigenvalue weighted by atomic mass is 9.98. The minimum Gasteiger partial charge on any atom is -0.314 e.